The van der Waals surface area contributed by atoms with Crippen LogP contribution in [-0.4, -0.2) is 6.03 Å². The molecular weight excluding hydrogens is 247 g/mol. The summed E-state index contributed by atoms with van der Waals surface area (Å²) in [5, 5.41) is 2.51. The Hall–Kier alpha value is -2.40. The number of hydrogen-bond donors (Lipinski definition) is 2. The van der Waals surface area contributed by atoms with Crippen molar-refractivity contribution in [3.05, 3.63) is 66.0 Å². The normalized spacial score (nSPS) is 9.95. The summed E-state index contributed by atoms with van der Waals surface area (Å²) < 4.78 is 12.7. The van der Waals surface area contributed by atoms with E-state index in [-0.39, 0.29) is 12.4 Å². The highest BCUT2D eigenvalue weighted by Crippen LogP contribution is 2.07. The van der Waals surface area contributed by atoms with Crippen molar-refractivity contribution < 1.29 is 14.0 Å². The van der Waals surface area contributed by atoms with Crippen LogP contribution in [0.15, 0.2) is 54.6 Å². The minimum absolute atomic E-state index is 0.275. The molecule has 0 unspecified atom stereocenters. The van der Waals surface area contributed by atoms with E-state index in [1.807, 2.05) is 30.3 Å². The summed E-state index contributed by atoms with van der Waals surface area (Å²) in [6.07, 6.45) is 0. The Kier molecular flexibility index (Phi) is 4.47. The minimum atomic E-state index is -0.512. The number of hydroxylamine groups is 1. The third-order valence-electron chi connectivity index (χ3n) is 2.35. The molecule has 2 aromatic rings. The van der Waals surface area contributed by atoms with Crippen LogP contribution in [0.1, 0.15) is 5.56 Å². The molecule has 19 heavy (non-hydrogen) atoms. The number of carbonyl (C=O) groups is 1. The lowest BCUT2D eigenvalue weighted by Gasteiger charge is -2.07. The Morgan fingerprint density at radius 2 is 1.74 bits per heavy atom. The van der Waals surface area contributed by atoms with Gasteiger partial charge in [0.15, 0.2) is 0 Å². The maximum absolute atomic E-state index is 12.7. The molecule has 0 aromatic heterocycles. The second kappa shape index (κ2) is 6.51. The molecule has 0 spiro atoms. The largest absolute Gasteiger partial charge is 0.343 e. The fourth-order valence-corrected chi connectivity index (χ4v) is 1.45. The van der Waals surface area contributed by atoms with Gasteiger partial charge in [-0.15, -0.1) is 0 Å². The Bertz CT molecular complexity index is 529. The summed E-state index contributed by atoms with van der Waals surface area (Å²) in [6, 6.07) is 14.4. The molecule has 98 valence electrons. The molecule has 0 saturated carbocycles. The van der Waals surface area contributed by atoms with Gasteiger partial charge in [0.2, 0.25) is 0 Å². The lowest BCUT2D eigenvalue weighted by molar-refractivity contribution is 0.0536. The third kappa shape index (κ3) is 4.40. The molecule has 0 atom stereocenters. The number of anilines is 1. The first-order valence-electron chi connectivity index (χ1n) is 5.72. The molecule has 0 saturated heterocycles. The van der Waals surface area contributed by atoms with Crippen molar-refractivity contribution in [1.82, 2.24) is 5.48 Å². The van der Waals surface area contributed by atoms with Crippen molar-refractivity contribution in [3.63, 3.8) is 0 Å². The van der Waals surface area contributed by atoms with Gasteiger partial charge in [-0.3, -0.25) is 4.84 Å². The average molecular weight is 260 g/mol. The smallest absolute Gasteiger partial charge is 0.306 e. The lowest BCUT2D eigenvalue weighted by Crippen LogP contribution is -2.28. The fourth-order valence-electron chi connectivity index (χ4n) is 1.45. The van der Waals surface area contributed by atoms with E-state index in [4.69, 9.17) is 4.84 Å². The van der Waals surface area contributed by atoms with E-state index in [2.05, 4.69) is 10.8 Å². The van der Waals surface area contributed by atoms with E-state index in [0.717, 1.165) is 5.56 Å². The Morgan fingerprint density at radius 1 is 1.05 bits per heavy atom. The Morgan fingerprint density at radius 3 is 2.42 bits per heavy atom. The lowest BCUT2D eigenvalue weighted by atomic mass is 10.2. The van der Waals surface area contributed by atoms with Crippen LogP contribution < -0.4 is 10.8 Å². The number of nitrogens with one attached hydrogen (secondary N) is 2. The van der Waals surface area contributed by atoms with Crippen molar-refractivity contribution >= 4 is 11.7 Å². The maximum Gasteiger partial charge on any atom is 0.343 e. The zero-order valence-corrected chi connectivity index (χ0v) is 10.1. The number of halogens is 1. The number of rotatable bonds is 4. The van der Waals surface area contributed by atoms with Gasteiger partial charge in [0.25, 0.3) is 0 Å². The van der Waals surface area contributed by atoms with E-state index >= 15 is 0 Å². The van der Waals surface area contributed by atoms with E-state index < -0.39 is 6.03 Å². The molecule has 0 heterocycles. The summed E-state index contributed by atoms with van der Waals surface area (Å²) in [5.41, 5.74) is 3.69. The summed E-state index contributed by atoms with van der Waals surface area (Å²) in [4.78, 5) is 16.5. The molecule has 0 aliphatic carbocycles. The number of hydrogen-bond acceptors (Lipinski definition) is 2. The number of benzene rings is 2. The summed E-state index contributed by atoms with van der Waals surface area (Å²) in [7, 11) is 0. The van der Waals surface area contributed by atoms with Crippen molar-refractivity contribution in [2.45, 2.75) is 6.61 Å². The standard InChI is InChI=1S/C14H13FN2O2/c15-12-6-8-13(9-7-12)16-14(18)17-19-10-11-4-2-1-3-5-11/h1-9H,10H2,(H2,16,17,18). The van der Waals surface area contributed by atoms with Gasteiger partial charge in [-0.05, 0) is 29.8 Å². The van der Waals surface area contributed by atoms with Crippen LogP contribution in [0.5, 0.6) is 0 Å². The van der Waals surface area contributed by atoms with Crippen LogP contribution in [0.25, 0.3) is 0 Å². The van der Waals surface area contributed by atoms with Crippen molar-refractivity contribution in [1.29, 1.82) is 0 Å². The van der Waals surface area contributed by atoms with Crippen molar-refractivity contribution in [2.24, 2.45) is 0 Å². The van der Waals surface area contributed by atoms with Gasteiger partial charge in [-0.25, -0.2) is 14.7 Å². The molecule has 2 N–H and O–H groups in total. The Labute approximate surface area is 110 Å². The first kappa shape index (κ1) is 13.0. The van der Waals surface area contributed by atoms with Crippen LogP contribution in [0, 0.1) is 5.82 Å². The van der Waals surface area contributed by atoms with Gasteiger partial charge in [0, 0.05) is 5.69 Å². The monoisotopic (exact) mass is 260 g/mol. The van der Waals surface area contributed by atoms with Crippen LogP contribution in [-0.2, 0) is 11.4 Å². The molecule has 0 radical (unpaired) electrons. The van der Waals surface area contributed by atoms with Gasteiger partial charge in [-0.2, -0.15) is 0 Å². The second-order valence-corrected chi connectivity index (χ2v) is 3.84. The van der Waals surface area contributed by atoms with Crippen LogP contribution in [0.3, 0.4) is 0 Å². The molecule has 2 amide bonds. The fraction of sp³-hybridized carbons (Fsp3) is 0.0714. The molecule has 4 nitrogen and oxygen atoms in total. The van der Waals surface area contributed by atoms with Crippen LogP contribution in [0.4, 0.5) is 14.9 Å². The van der Waals surface area contributed by atoms with Gasteiger partial charge in [0.05, 0.1) is 6.61 Å². The average Bonchev–Trinajstić information content (AvgIpc) is 2.43. The predicted octanol–water partition coefficient (Wildman–Crippen LogP) is 3.08. The molecule has 0 bridgehead atoms. The van der Waals surface area contributed by atoms with Crippen molar-refractivity contribution in [2.75, 3.05) is 5.32 Å². The van der Waals surface area contributed by atoms with E-state index in [1.54, 1.807) is 0 Å². The van der Waals surface area contributed by atoms with Gasteiger partial charge in [0.1, 0.15) is 5.82 Å². The minimum Gasteiger partial charge on any atom is -0.306 e. The molecule has 0 fully saturated rings. The summed E-state index contributed by atoms with van der Waals surface area (Å²) in [5.74, 6) is -0.355. The molecule has 2 rings (SSSR count). The number of carbonyl (C=O) groups excluding carboxylic acids is 1. The second-order valence-electron chi connectivity index (χ2n) is 3.84. The highest BCUT2D eigenvalue weighted by atomic mass is 19.1. The number of urea groups is 1. The zero-order valence-electron chi connectivity index (χ0n) is 10.1. The third-order valence-corrected chi connectivity index (χ3v) is 2.35. The summed E-state index contributed by atoms with van der Waals surface area (Å²) in [6.45, 7) is 0.275. The first-order valence-corrected chi connectivity index (χ1v) is 5.72. The predicted molar refractivity (Wildman–Crippen MR) is 69.8 cm³/mol. The van der Waals surface area contributed by atoms with E-state index in [1.165, 1.54) is 24.3 Å². The van der Waals surface area contributed by atoms with Gasteiger partial charge >= 0.3 is 6.03 Å². The first-order chi connectivity index (χ1) is 9.24. The number of amides is 2. The highest BCUT2D eigenvalue weighted by Gasteiger charge is 2.01. The zero-order chi connectivity index (χ0) is 13.5. The van der Waals surface area contributed by atoms with E-state index in [9.17, 15) is 9.18 Å². The quantitative estimate of drug-likeness (QED) is 0.830. The molecule has 2 aromatic carbocycles. The van der Waals surface area contributed by atoms with Crippen LogP contribution in [0.2, 0.25) is 0 Å². The Balaban J connectivity index is 1.74. The molecule has 5 heteroatoms. The van der Waals surface area contributed by atoms with Crippen LogP contribution >= 0.6 is 0 Å². The molecule has 0 aliphatic heterocycles. The molecule has 0 aliphatic rings. The van der Waals surface area contributed by atoms with Gasteiger partial charge < -0.3 is 5.32 Å². The molecular formula is C14H13FN2O2. The van der Waals surface area contributed by atoms with Gasteiger partial charge in [-0.1, -0.05) is 30.3 Å². The topological polar surface area (TPSA) is 50.4 Å². The summed E-state index contributed by atoms with van der Waals surface area (Å²) >= 11 is 0. The van der Waals surface area contributed by atoms with Crippen molar-refractivity contribution in [3.8, 4) is 0 Å². The van der Waals surface area contributed by atoms with E-state index in [0.29, 0.717) is 5.69 Å². The maximum atomic E-state index is 12.7. The highest BCUT2D eigenvalue weighted by molar-refractivity contribution is 5.88. The SMILES string of the molecule is O=C(NOCc1ccccc1)Nc1ccc(F)cc1.